The van der Waals surface area contributed by atoms with Crippen molar-refractivity contribution in [2.24, 2.45) is 0 Å². The summed E-state index contributed by atoms with van der Waals surface area (Å²) in [5.41, 5.74) is 1.10. The molecule has 0 N–H and O–H groups in total. The van der Waals surface area contributed by atoms with Gasteiger partial charge in [0.25, 0.3) is 0 Å². The Balaban J connectivity index is 0.00000196. The van der Waals surface area contributed by atoms with Crippen molar-refractivity contribution in [3.8, 4) is 5.75 Å². The van der Waals surface area contributed by atoms with E-state index >= 15 is 0 Å². The minimum absolute atomic E-state index is 0. The van der Waals surface area contributed by atoms with Crippen LogP contribution in [0.5, 0.6) is 5.75 Å². The van der Waals surface area contributed by atoms with Crippen molar-refractivity contribution >= 4 is 30.6 Å². The molecular weight excluding hydrogens is 395 g/mol. The van der Waals surface area contributed by atoms with Gasteiger partial charge in [-0.25, -0.2) is 0 Å². The molecule has 0 amide bonds. The Bertz CT molecular complexity index is 677. The van der Waals surface area contributed by atoms with Crippen LogP contribution in [-0.2, 0) is 4.79 Å². The number of hydrogen-bond acceptors (Lipinski definition) is 4. The normalized spacial score (nSPS) is 15.8. The highest BCUT2D eigenvalue weighted by Crippen LogP contribution is 2.23. The molecule has 1 fully saturated rings. The van der Waals surface area contributed by atoms with E-state index in [0.717, 1.165) is 57.1 Å². The summed E-state index contributed by atoms with van der Waals surface area (Å²) < 4.78 is 5.76. The Hall–Kier alpha value is -1.59. The average molecular weight is 425 g/mol. The van der Waals surface area contributed by atoms with E-state index in [1.165, 1.54) is 0 Å². The Morgan fingerprint density at radius 2 is 1.50 bits per heavy atom. The molecule has 0 spiro atoms. The number of Topliss-reactive ketones (excluding diaryl/α,β-unsaturated/α-hetero) is 1. The van der Waals surface area contributed by atoms with E-state index in [1.54, 1.807) is 6.92 Å². The monoisotopic (exact) mass is 424 g/mol. The number of ketones is 1. The van der Waals surface area contributed by atoms with Gasteiger partial charge in [-0.2, -0.15) is 0 Å². The van der Waals surface area contributed by atoms with Gasteiger partial charge in [-0.05, 0) is 31.0 Å². The highest BCUT2D eigenvalue weighted by Gasteiger charge is 2.27. The molecule has 1 atom stereocenters. The minimum Gasteiger partial charge on any atom is -0.494 e. The zero-order valence-corrected chi connectivity index (χ0v) is 18.0. The number of hydrogen-bond donors (Lipinski definition) is 0. The highest BCUT2D eigenvalue weighted by atomic mass is 35.5. The van der Waals surface area contributed by atoms with Gasteiger partial charge in [0.2, 0.25) is 0 Å². The molecule has 2 aromatic carbocycles. The number of para-hydroxylation sites is 1. The summed E-state index contributed by atoms with van der Waals surface area (Å²) in [7, 11) is 0. The number of carbonyl (C=O) groups is 1. The summed E-state index contributed by atoms with van der Waals surface area (Å²) in [6.45, 7) is 7.34. The Labute approximate surface area is 180 Å². The van der Waals surface area contributed by atoms with Crippen LogP contribution < -0.4 is 4.74 Å². The molecule has 1 heterocycles. The number of nitrogens with zero attached hydrogens (tertiary/aromatic N) is 2. The smallest absolute Gasteiger partial charge is 0.151 e. The van der Waals surface area contributed by atoms with Crippen LogP contribution in [0.2, 0.25) is 0 Å². The van der Waals surface area contributed by atoms with Gasteiger partial charge in [0.05, 0.1) is 12.6 Å². The number of ether oxygens (including phenoxy) is 1. The van der Waals surface area contributed by atoms with Crippen LogP contribution in [0.1, 0.15) is 24.9 Å². The van der Waals surface area contributed by atoms with Crippen LogP contribution in [-0.4, -0.2) is 54.9 Å². The molecule has 1 unspecified atom stereocenters. The van der Waals surface area contributed by atoms with Crippen LogP contribution in [0, 0.1) is 0 Å². The van der Waals surface area contributed by atoms with E-state index < -0.39 is 0 Å². The van der Waals surface area contributed by atoms with Gasteiger partial charge in [0.15, 0.2) is 5.78 Å². The zero-order valence-electron chi connectivity index (χ0n) is 16.3. The second-order valence-corrected chi connectivity index (χ2v) is 6.82. The lowest BCUT2D eigenvalue weighted by molar-refractivity contribution is -0.123. The number of rotatable bonds is 8. The van der Waals surface area contributed by atoms with E-state index in [0.29, 0.717) is 0 Å². The van der Waals surface area contributed by atoms with E-state index in [9.17, 15) is 4.79 Å². The maximum Gasteiger partial charge on any atom is 0.151 e. The van der Waals surface area contributed by atoms with Gasteiger partial charge in [-0.15, -0.1) is 24.8 Å². The molecule has 6 heteroatoms. The Morgan fingerprint density at radius 3 is 2.07 bits per heavy atom. The fraction of sp³-hybridized carbons (Fsp3) is 0.409. The first kappa shape index (κ1) is 24.4. The number of halogens is 2. The fourth-order valence-electron chi connectivity index (χ4n) is 3.58. The highest BCUT2D eigenvalue weighted by molar-refractivity contribution is 5.85. The molecule has 1 saturated heterocycles. The van der Waals surface area contributed by atoms with Crippen LogP contribution in [0.15, 0.2) is 60.7 Å². The third-order valence-corrected chi connectivity index (χ3v) is 4.90. The van der Waals surface area contributed by atoms with E-state index in [4.69, 9.17) is 4.74 Å². The molecule has 154 valence electrons. The summed E-state index contributed by atoms with van der Waals surface area (Å²) in [6, 6.07) is 20.0. The van der Waals surface area contributed by atoms with Gasteiger partial charge in [0.1, 0.15) is 5.75 Å². The van der Waals surface area contributed by atoms with Crippen molar-refractivity contribution < 1.29 is 9.53 Å². The summed E-state index contributed by atoms with van der Waals surface area (Å²) >= 11 is 0. The average Bonchev–Trinajstić information content (AvgIpc) is 2.68. The zero-order chi connectivity index (χ0) is 18.2. The molecule has 2 aromatic rings. The molecule has 0 saturated carbocycles. The Morgan fingerprint density at radius 1 is 0.929 bits per heavy atom. The minimum atomic E-state index is -0.111. The molecule has 1 aliphatic rings. The van der Waals surface area contributed by atoms with Gasteiger partial charge in [-0.1, -0.05) is 48.5 Å². The standard InChI is InChI=1S/C22H28N2O2.2ClH/c1-19(25)22(20-9-4-2-5-10-20)24-16-14-23(15-17-24)13-8-18-26-21-11-6-3-7-12-21;;/h2-7,9-12,22H,8,13-18H2,1H3;2*1H. The van der Waals surface area contributed by atoms with Crippen molar-refractivity contribution in [2.75, 3.05) is 39.3 Å². The van der Waals surface area contributed by atoms with Crippen molar-refractivity contribution in [2.45, 2.75) is 19.4 Å². The molecule has 0 bridgehead atoms. The third kappa shape index (κ3) is 7.10. The predicted octanol–water partition coefficient (Wildman–Crippen LogP) is 4.25. The number of carbonyl (C=O) groups excluding carboxylic acids is 1. The molecular formula is C22H30Cl2N2O2. The summed E-state index contributed by atoms with van der Waals surface area (Å²) in [5, 5.41) is 0. The lowest BCUT2D eigenvalue weighted by Crippen LogP contribution is -2.49. The largest absolute Gasteiger partial charge is 0.494 e. The van der Waals surface area contributed by atoms with E-state index in [1.807, 2.05) is 48.5 Å². The quantitative estimate of drug-likeness (QED) is 0.593. The van der Waals surface area contributed by atoms with E-state index in [-0.39, 0.29) is 36.6 Å². The molecule has 3 rings (SSSR count). The third-order valence-electron chi connectivity index (χ3n) is 4.90. The Kier molecular flexibility index (Phi) is 11.2. The summed E-state index contributed by atoms with van der Waals surface area (Å²) in [5.74, 6) is 1.16. The van der Waals surface area contributed by atoms with Gasteiger partial charge >= 0.3 is 0 Å². The second-order valence-electron chi connectivity index (χ2n) is 6.82. The number of benzene rings is 2. The molecule has 1 aliphatic heterocycles. The van der Waals surface area contributed by atoms with Gasteiger partial charge < -0.3 is 9.64 Å². The molecule has 0 aromatic heterocycles. The van der Waals surface area contributed by atoms with Crippen LogP contribution in [0.4, 0.5) is 0 Å². The van der Waals surface area contributed by atoms with Crippen LogP contribution >= 0.6 is 24.8 Å². The van der Waals surface area contributed by atoms with Crippen molar-refractivity contribution in [1.29, 1.82) is 0 Å². The second kappa shape index (κ2) is 12.8. The number of piperazine rings is 1. The molecule has 0 radical (unpaired) electrons. The lowest BCUT2D eigenvalue weighted by Gasteiger charge is -2.38. The fourth-order valence-corrected chi connectivity index (χ4v) is 3.58. The van der Waals surface area contributed by atoms with Gasteiger partial charge in [0, 0.05) is 32.7 Å². The topological polar surface area (TPSA) is 32.8 Å². The predicted molar refractivity (Wildman–Crippen MR) is 119 cm³/mol. The summed E-state index contributed by atoms with van der Waals surface area (Å²) in [4.78, 5) is 17.0. The molecule has 0 aliphatic carbocycles. The first-order valence-corrected chi connectivity index (χ1v) is 9.43. The van der Waals surface area contributed by atoms with E-state index in [2.05, 4.69) is 21.9 Å². The summed E-state index contributed by atoms with van der Waals surface area (Å²) in [6.07, 6.45) is 1.02. The SMILES string of the molecule is CC(=O)C(c1ccccc1)N1CCN(CCCOc2ccccc2)CC1.Cl.Cl. The van der Waals surface area contributed by atoms with Crippen molar-refractivity contribution in [3.05, 3.63) is 66.2 Å². The van der Waals surface area contributed by atoms with Crippen LogP contribution in [0.25, 0.3) is 0 Å². The van der Waals surface area contributed by atoms with Gasteiger partial charge in [-0.3, -0.25) is 9.69 Å². The first-order valence-electron chi connectivity index (χ1n) is 9.43. The maximum atomic E-state index is 12.2. The molecule has 28 heavy (non-hydrogen) atoms. The maximum absolute atomic E-state index is 12.2. The first-order chi connectivity index (χ1) is 12.7. The lowest BCUT2D eigenvalue weighted by atomic mass is 10.0. The van der Waals surface area contributed by atoms with Crippen molar-refractivity contribution in [1.82, 2.24) is 9.80 Å². The molecule has 4 nitrogen and oxygen atoms in total. The van der Waals surface area contributed by atoms with Crippen LogP contribution in [0.3, 0.4) is 0 Å². The van der Waals surface area contributed by atoms with Crippen molar-refractivity contribution in [3.63, 3.8) is 0 Å².